The van der Waals surface area contributed by atoms with Crippen LogP contribution in [0.1, 0.15) is 22.3 Å². The molecule has 0 saturated carbocycles. The lowest BCUT2D eigenvalue weighted by molar-refractivity contribution is -0.661. The Kier molecular flexibility index (Phi) is 6.00. The zero-order chi connectivity index (χ0) is 26.4. The lowest BCUT2D eigenvalue weighted by Crippen LogP contribution is -2.34. The van der Waals surface area contributed by atoms with Crippen molar-refractivity contribution in [2.45, 2.75) is 27.3 Å². The highest BCUT2D eigenvalue weighted by molar-refractivity contribution is 6.07. The van der Waals surface area contributed by atoms with E-state index in [-0.39, 0.29) is 0 Å². The molecule has 0 aliphatic carbocycles. The van der Waals surface area contributed by atoms with Crippen molar-refractivity contribution >= 4 is 22.2 Å². The summed E-state index contributed by atoms with van der Waals surface area (Å²) in [5, 5.41) is 1.25. The zero-order valence-electron chi connectivity index (χ0n) is 22.9. The molecule has 0 N–H and O–H groups in total. The van der Waals surface area contributed by atoms with Gasteiger partial charge in [-0.15, -0.1) is 0 Å². The van der Waals surface area contributed by atoms with Crippen molar-refractivity contribution in [1.82, 2.24) is 4.40 Å². The molecule has 3 nitrogen and oxygen atoms in total. The third-order valence-electron chi connectivity index (χ3n) is 7.69. The molecule has 0 spiro atoms. The number of fused-ring (bicyclic) bond motifs is 3. The van der Waals surface area contributed by atoms with Gasteiger partial charge in [0, 0.05) is 30.7 Å². The number of pyridine rings is 1. The maximum Gasteiger partial charge on any atom is 0.295 e. The molecule has 0 saturated heterocycles. The topological polar surface area (TPSA) is 11.5 Å². The number of benzene rings is 4. The number of imidazole rings is 1. The van der Waals surface area contributed by atoms with Crippen molar-refractivity contribution in [3.8, 4) is 22.3 Å². The van der Waals surface area contributed by atoms with Crippen LogP contribution in [0.5, 0.6) is 0 Å². The first-order valence-electron chi connectivity index (χ1n) is 13.3. The average molecular weight is 497 g/mol. The Morgan fingerprint density at radius 2 is 1.32 bits per heavy atom. The van der Waals surface area contributed by atoms with Crippen LogP contribution in [0.3, 0.4) is 0 Å². The molecule has 0 amide bonds. The van der Waals surface area contributed by atoms with E-state index in [1.807, 2.05) is 0 Å². The summed E-state index contributed by atoms with van der Waals surface area (Å²) < 4.78 is 4.81. The third kappa shape index (κ3) is 4.05. The van der Waals surface area contributed by atoms with Crippen molar-refractivity contribution in [3.63, 3.8) is 0 Å². The lowest BCUT2D eigenvalue weighted by atomic mass is 9.91. The van der Waals surface area contributed by atoms with Crippen LogP contribution < -0.4 is 9.47 Å². The van der Waals surface area contributed by atoms with Crippen molar-refractivity contribution in [2.75, 3.05) is 19.0 Å². The third-order valence-corrected chi connectivity index (χ3v) is 7.69. The molecule has 188 valence electrons. The first kappa shape index (κ1) is 24.0. The van der Waals surface area contributed by atoms with Gasteiger partial charge in [-0.05, 0) is 66.8 Å². The SMILES string of the molecule is Cc1cc(C)c(C[n+]2ccn3c4ccc(N(C)C)cc4c(-c4ccccc4)c(-c4ccccc4)c32)c(C)c1. The number of nitrogens with zero attached hydrogens (tertiary/aromatic N) is 3. The highest BCUT2D eigenvalue weighted by Crippen LogP contribution is 2.41. The Morgan fingerprint density at radius 1 is 0.711 bits per heavy atom. The van der Waals surface area contributed by atoms with Gasteiger partial charge in [0.05, 0.1) is 5.56 Å². The van der Waals surface area contributed by atoms with E-state index in [0.29, 0.717) is 0 Å². The standard InChI is InChI=1S/C35H34N3/c1-24-20-25(2)31(26(3)21-24)23-37-18-19-38-32-17-16-29(36(4)5)22-30(32)33(27-12-8-6-9-13-27)34(35(37)38)28-14-10-7-11-15-28/h6-22H,23H2,1-5H3/q+1. The van der Waals surface area contributed by atoms with Crippen LogP contribution in [-0.4, -0.2) is 18.5 Å². The average Bonchev–Trinajstić information content (AvgIpc) is 3.34. The monoisotopic (exact) mass is 496 g/mol. The van der Waals surface area contributed by atoms with Gasteiger partial charge >= 0.3 is 0 Å². The van der Waals surface area contributed by atoms with Crippen LogP contribution in [0.4, 0.5) is 5.69 Å². The maximum absolute atomic E-state index is 2.43. The molecule has 6 rings (SSSR count). The first-order valence-corrected chi connectivity index (χ1v) is 13.3. The predicted molar refractivity (Wildman–Crippen MR) is 160 cm³/mol. The van der Waals surface area contributed by atoms with E-state index >= 15 is 0 Å². The van der Waals surface area contributed by atoms with Gasteiger partial charge in [0.2, 0.25) is 0 Å². The molecule has 4 aromatic carbocycles. The highest BCUT2D eigenvalue weighted by atomic mass is 15.1. The highest BCUT2D eigenvalue weighted by Gasteiger charge is 2.26. The van der Waals surface area contributed by atoms with Gasteiger partial charge in [0.1, 0.15) is 24.5 Å². The number of aryl methyl sites for hydroxylation is 3. The summed E-state index contributed by atoms with van der Waals surface area (Å²) in [6.07, 6.45) is 4.47. The second-order valence-electron chi connectivity index (χ2n) is 10.6. The summed E-state index contributed by atoms with van der Waals surface area (Å²) >= 11 is 0. The fraction of sp³-hybridized carbons (Fsp3) is 0.171. The molecule has 6 aromatic rings. The molecule has 0 fully saturated rings. The minimum Gasteiger partial charge on any atom is -0.378 e. The maximum atomic E-state index is 2.43. The van der Waals surface area contributed by atoms with E-state index < -0.39 is 0 Å². The Hall–Kier alpha value is -4.37. The molecule has 0 unspecified atom stereocenters. The van der Waals surface area contributed by atoms with Gasteiger partial charge < -0.3 is 4.90 Å². The summed E-state index contributed by atoms with van der Waals surface area (Å²) in [5.41, 5.74) is 14.0. The molecule has 2 aromatic heterocycles. The quantitative estimate of drug-likeness (QED) is 0.222. The van der Waals surface area contributed by atoms with Gasteiger partial charge in [-0.2, -0.15) is 4.40 Å². The molecule has 0 bridgehead atoms. The van der Waals surface area contributed by atoms with Gasteiger partial charge in [-0.25, -0.2) is 4.57 Å². The molecular formula is C35H34N3+. The minimum atomic E-state index is 0.823. The van der Waals surface area contributed by atoms with E-state index in [2.05, 4.69) is 152 Å². The zero-order valence-corrected chi connectivity index (χ0v) is 22.9. The Balaban J connectivity index is 1.76. The number of hydrogen-bond acceptors (Lipinski definition) is 1. The predicted octanol–water partition coefficient (Wildman–Crippen LogP) is 7.75. The largest absolute Gasteiger partial charge is 0.378 e. The second-order valence-corrected chi connectivity index (χ2v) is 10.6. The van der Waals surface area contributed by atoms with Crippen molar-refractivity contribution in [2.24, 2.45) is 0 Å². The van der Waals surface area contributed by atoms with Crippen LogP contribution in [0, 0.1) is 20.8 Å². The lowest BCUT2D eigenvalue weighted by Gasteiger charge is -2.18. The summed E-state index contributed by atoms with van der Waals surface area (Å²) in [7, 11) is 4.21. The summed E-state index contributed by atoms with van der Waals surface area (Å²) in [6.45, 7) is 7.47. The second kappa shape index (κ2) is 9.50. The van der Waals surface area contributed by atoms with Crippen LogP contribution in [0.2, 0.25) is 0 Å². The van der Waals surface area contributed by atoms with Crippen LogP contribution in [0.25, 0.3) is 38.8 Å². The van der Waals surface area contributed by atoms with Crippen molar-refractivity contribution < 1.29 is 4.57 Å². The molecule has 0 atom stereocenters. The van der Waals surface area contributed by atoms with E-state index in [1.165, 1.54) is 66.7 Å². The van der Waals surface area contributed by atoms with Crippen LogP contribution >= 0.6 is 0 Å². The Morgan fingerprint density at radius 3 is 1.92 bits per heavy atom. The number of rotatable bonds is 5. The number of anilines is 1. The molecule has 38 heavy (non-hydrogen) atoms. The normalized spacial score (nSPS) is 11.4. The smallest absolute Gasteiger partial charge is 0.295 e. The van der Waals surface area contributed by atoms with E-state index in [9.17, 15) is 0 Å². The van der Waals surface area contributed by atoms with Gasteiger partial charge in [-0.3, -0.25) is 0 Å². The van der Waals surface area contributed by atoms with E-state index in [4.69, 9.17) is 0 Å². The molecule has 0 radical (unpaired) electrons. The van der Waals surface area contributed by atoms with E-state index in [0.717, 1.165) is 6.54 Å². The summed E-state index contributed by atoms with van der Waals surface area (Å²) in [4.78, 5) is 2.18. The van der Waals surface area contributed by atoms with Gasteiger partial charge in [-0.1, -0.05) is 78.4 Å². The molecule has 0 aliphatic heterocycles. The van der Waals surface area contributed by atoms with Crippen LogP contribution in [-0.2, 0) is 6.54 Å². The number of aromatic nitrogens is 2. The molecular weight excluding hydrogens is 462 g/mol. The van der Waals surface area contributed by atoms with Crippen molar-refractivity contribution in [1.29, 1.82) is 0 Å². The van der Waals surface area contributed by atoms with Crippen molar-refractivity contribution in [3.05, 3.63) is 126 Å². The minimum absolute atomic E-state index is 0.823. The molecule has 3 heteroatoms. The van der Waals surface area contributed by atoms with Gasteiger partial charge in [0.15, 0.2) is 0 Å². The Labute approximate surface area is 225 Å². The van der Waals surface area contributed by atoms with Crippen LogP contribution in [0.15, 0.2) is 103 Å². The van der Waals surface area contributed by atoms with E-state index in [1.54, 1.807) is 0 Å². The van der Waals surface area contributed by atoms with Gasteiger partial charge in [0.25, 0.3) is 5.65 Å². The fourth-order valence-electron chi connectivity index (χ4n) is 5.88. The molecule has 0 aliphatic rings. The fourth-order valence-corrected chi connectivity index (χ4v) is 5.88. The first-order chi connectivity index (χ1) is 18.4. The number of hydrogen-bond donors (Lipinski definition) is 0. The summed E-state index contributed by atoms with van der Waals surface area (Å²) in [5.74, 6) is 0. The molecule has 2 heterocycles. The Bertz CT molecular complexity index is 1750. The summed E-state index contributed by atoms with van der Waals surface area (Å²) in [6, 6.07) is 33.1.